The first-order chi connectivity index (χ1) is 8.34. The Morgan fingerprint density at radius 2 is 1.71 bits per heavy atom. The lowest BCUT2D eigenvalue weighted by Gasteiger charge is -2.06. The molecule has 0 saturated carbocycles. The summed E-state index contributed by atoms with van der Waals surface area (Å²) in [7, 11) is 0. The Hall–Kier alpha value is -1.81. The molecule has 4 heteroatoms. The largest absolute Gasteiger partial charge is 0.334 e. The molecule has 0 aliphatic rings. The molecule has 0 unspecified atom stereocenters. The molecule has 1 aromatic heterocycles. The van der Waals surface area contributed by atoms with Crippen LogP contribution in [0.1, 0.15) is 11.1 Å². The maximum atomic E-state index is 11.5. The fraction of sp³-hybridized carbons (Fsp3) is 0.154. The molecule has 0 aliphatic heterocycles. The summed E-state index contributed by atoms with van der Waals surface area (Å²) >= 11 is 1.63. The van der Waals surface area contributed by atoms with E-state index in [1.54, 1.807) is 11.3 Å². The average Bonchev–Trinajstić information content (AvgIpc) is 2.88. The lowest BCUT2D eigenvalue weighted by atomic mass is 10.2. The Morgan fingerprint density at radius 1 is 1.00 bits per heavy atom. The predicted molar refractivity (Wildman–Crippen MR) is 69.8 cm³/mol. The zero-order valence-corrected chi connectivity index (χ0v) is 10.2. The molecule has 2 aromatic rings. The van der Waals surface area contributed by atoms with Crippen LogP contribution < -0.4 is 10.6 Å². The minimum Gasteiger partial charge on any atom is -0.334 e. The van der Waals surface area contributed by atoms with Crippen LogP contribution in [0.25, 0.3) is 0 Å². The molecule has 3 nitrogen and oxygen atoms in total. The van der Waals surface area contributed by atoms with E-state index in [1.807, 2.05) is 47.2 Å². The van der Waals surface area contributed by atoms with Crippen molar-refractivity contribution in [1.82, 2.24) is 10.6 Å². The Bertz CT molecular complexity index is 454. The number of amides is 2. The Kier molecular flexibility index (Phi) is 4.16. The van der Waals surface area contributed by atoms with E-state index in [4.69, 9.17) is 0 Å². The number of rotatable bonds is 4. The predicted octanol–water partition coefficient (Wildman–Crippen LogP) is 2.75. The Morgan fingerprint density at radius 3 is 2.35 bits per heavy atom. The summed E-state index contributed by atoms with van der Waals surface area (Å²) in [5, 5.41) is 9.65. The fourth-order valence-electron chi connectivity index (χ4n) is 1.42. The van der Waals surface area contributed by atoms with Crippen LogP contribution in [0, 0.1) is 0 Å². The first-order valence-electron chi connectivity index (χ1n) is 5.41. The van der Waals surface area contributed by atoms with Crippen molar-refractivity contribution in [1.29, 1.82) is 0 Å². The first-order valence-corrected chi connectivity index (χ1v) is 6.35. The van der Waals surface area contributed by atoms with Crippen LogP contribution in [0.2, 0.25) is 0 Å². The van der Waals surface area contributed by atoms with Crippen LogP contribution in [0.15, 0.2) is 47.2 Å². The van der Waals surface area contributed by atoms with Gasteiger partial charge in [0.05, 0.1) is 0 Å². The molecule has 2 N–H and O–H groups in total. The van der Waals surface area contributed by atoms with E-state index in [0.717, 1.165) is 11.1 Å². The van der Waals surface area contributed by atoms with Crippen molar-refractivity contribution in [3.05, 3.63) is 58.3 Å². The van der Waals surface area contributed by atoms with Crippen molar-refractivity contribution >= 4 is 17.4 Å². The maximum absolute atomic E-state index is 11.5. The van der Waals surface area contributed by atoms with Gasteiger partial charge in [-0.25, -0.2) is 4.79 Å². The summed E-state index contributed by atoms with van der Waals surface area (Å²) < 4.78 is 0. The molecule has 2 rings (SSSR count). The molecule has 17 heavy (non-hydrogen) atoms. The van der Waals surface area contributed by atoms with E-state index >= 15 is 0 Å². The number of carbonyl (C=O) groups excluding carboxylic acids is 1. The number of nitrogens with one attached hydrogen (secondary N) is 2. The van der Waals surface area contributed by atoms with Gasteiger partial charge in [0.25, 0.3) is 0 Å². The molecule has 1 aromatic carbocycles. The molecular formula is C13H14N2OS. The van der Waals surface area contributed by atoms with Gasteiger partial charge in [-0.15, -0.1) is 0 Å². The number of hydrogen-bond acceptors (Lipinski definition) is 2. The molecule has 0 saturated heterocycles. The molecule has 1 heterocycles. The van der Waals surface area contributed by atoms with Crippen LogP contribution in [0.3, 0.4) is 0 Å². The van der Waals surface area contributed by atoms with Gasteiger partial charge >= 0.3 is 6.03 Å². The van der Waals surface area contributed by atoms with Crippen LogP contribution in [0.5, 0.6) is 0 Å². The second-order valence-electron chi connectivity index (χ2n) is 3.65. The molecule has 0 spiro atoms. The third-order valence-corrected chi connectivity index (χ3v) is 3.06. The minimum atomic E-state index is -0.139. The van der Waals surface area contributed by atoms with Gasteiger partial charge in [0, 0.05) is 13.1 Å². The number of thiophene rings is 1. The fourth-order valence-corrected chi connectivity index (χ4v) is 2.08. The number of urea groups is 1. The summed E-state index contributed by atoms with van der Waals surface area (Å²) in [6.07, 6.45) is 0. The molecule has 0 radical (unpaired) electrons. The van der Waals surface area contributed by atoms with Gasteiger partial charge in [-0.1, -0.05) is 30.3 Å². The van der Waals surface area contributed by atoms with Gasteiger partial charge in [-0.2, -0.15) is 11.3 Å². The van der Waals surface area contributed by atoms with Crippen LogP contribution in [-0.2, 0) is 13.1 Å². The highest BCUT2D eigenvalue weighted by Gasteiger charge is 2.00. The van der Waals surface area contributed by atoms with Gasteiger partial charge in [0.15, 0.2) is 0 Å². The summed E-state index contributed by atoms with van der Waals surface area (Å²) in [6.45, 7) is 1.13. The first kappa shape index (κ1) is 11.7. The highest BCUT2D eigenvalue weighted by atomic mass is 32.1. The van der Waals surface area contributed by atoms with Gasteiger partial charge in [-0.05, 0) is 28.0 Å². The topological polar surface area (TPSA) is 41.1 Å². The zero-order valence-electron chi connectivity index (χ0n) is 9.35. The third kappa shape index (κ3) is 3.92. The van der Waals surface area contributed by atoms with E-state index < -0.39 is 0 Å². The van der Waals surface area contributed by atoms with Crippen molar-refractivity contribution in [2.45, 2.75) is 13.1 Å². The molecule has 0 bridgehead atoms. The van der Waals surface area contributed by atoms with E-state index in [9.17, 15) is 4.79 Å². The van der Waals surface area contributed by atoms with Crippen LogP contribution in [-0.4, -0.2) is 6.03 Å². The molecular weight excluding hydrogens is 232 g/mol. The number of carbonyl (C=O) groups is 1. The molecule has 0 fully saturated rings. The number of benzene rings is 1. The van der Waals surface area contributed by atoms with Crippen molar-refractivity contribution in [2.24, 2.45) is 0 Å². The second kappa shape index (κ2) is 6.06. The zero-order chi connectivity index (χ0) is 11.9. The Labute approximate surface area is 104 Å². The summed E-state index contributed by atoms with van der Waals surface area (Å²) in [6, 6.07) is 11.7. The van der Waals surface area contributed by atoms with Gasteiger partial charge < -0.3 is 10.6 Å². The highest BCUT2D eigenvalue weighted by Crippen LogP contribution is 2.04. The second-order valence-corrected chi connectivity index (χ2v) is 4.43. The van der Waals surface area contributed by atoms with Crippen LogP contribution in [0.4, 0.5) is 4.79 Å². The average molecular weight is 246 g/mol. The van der Waals surface area contributed by atoms with Gasteiger partial charge in [0.2, 0.25) is 0 Å². The summed E-state index contributed by atoms with van der Waals surface area (Å²) in [4.78, 5) is 11.5. The van der Waals surface area contributed by atoms with Crippen molar-refractivity contribution in [3.63, 3.8) is 0 Å². The van der Waals surface area contributed by atoms with Gasteiger partial charge in [0.1, 0.15) is 0 Å². The van der Waals surface area contributed by atoms with Gasteiger partial charge in [-0.3, -0.25) is 0 Å². The number of hydrogen-bond donors (Lipinski definition) is 2. The molecule has 2 amide bonds. The smallest absolute Gasteiger partial charge is 0.315 e. The molecule has 0 atom stereocenters. The summed E-state index contributed by atoms with van der Waals surface area (Å²) in [5.41, 5.74) is 2.23. The Balaban J connectivity index is 1.71. The lowest BCUT2D eigenvalue weighted by Crippen LogP contribution is -2.34. The molecule has 0 aliphatic carbocycles. The maximum Gasteiger partial charge on any atom is 0.315 e. The van der Waals surface area contributed by atoms with E-state index in [1.165, 1.54) is 0 Å². The van der Waals surface area contributed by atoms with Crippen molar-refractivity contribution < 1.29 is 4.79 Å². The summed E-state index contributed by atoms with van der Waals surface area (Å²) in [5.74, 6) is 0. The monoisotopic (exact) mass is 246 g/mol. The normalized spacial score (nSPS) is 9.88. The lowest BCUT2D eigenvalue weighted by molar-refractivity contribution is 0.240. The SMILES string of the molecule is O=C(NCc1ccccc1)NCc1ccsc1. The third-order valence-electron chi connectivity index (χ3n) is 2.33. The van der Waals surface area contributed by atoms with E-state index in [2.05, 4.69) is 10.6 Å². The van der Waals surface area contributed by atoms with Crippen molar-refractivity contribution in [2.75, 3.05) is 0 Å². The van der Waals surface area contributed by atoms with E-state index in [0.29, 0.717) is 13.1 Å². The standard InChI is InChI=1S/C13H14N2OS/c16-13(15-9-12-6-7-17-10-12)14-8-11-4-2-1-3-5-11/h1-7,10H,8-9H2,(H2,14,15,16). The van der Waals surface area contributed by atoms with E-state index in [-0.39, 0.29) is 6.03 Å². The quantitative estimate of drug-likeness (QED) is 0.855. The molecule has 88 valence electrons. The van der Waals surface area contributed by atoms with Crippen LogP contribution >= 0.6 is 11.3 Å². The highest BCUT2D eigenvalue weighted by molar-refractivity contribution is 7.07. The van der Waals surface area contributed by atoms with Crippen molar-refractivity contribution in [3.8, 4) is 0 Å². The minimum absolute atomic E-state index is 0.139.